The van der Waals surface area contributed by atoms with Gasteiger partial charge < -0.3 is 16.2 Å². The second-order valence-corrected chi connectivity index (χ2v) is 4.57. The number of carboxylic acid groups (broad SMARTS) is 1. The van der Waals surface area contributed by atoms with Crippen molar-refractivity contribution >= 4 is 23.3 Å². The second-order valence-electron chi connectivity index (χ2n) is 4.57. The summed E-state index contributed by atoms with van der Waals surface area (Å²) in [6, 6.07) is 11.5. The molecule has 0 radical (unpaired) electrons. The van der Waals surface area contributed by atoms with Crippen molar-refractivity contribution in [2.45, 2.75) is 13.3 Å². The first-order valence-electron chi connectivity index (χ1n) is 6.55. The molecule has 0 saturated carbocycles. The van der Waals surface area contributed by atoms with Crippen molar-refractivity contribution in [1.82, 2.24) is 0 Å². The molecule has 0 heterocycles. The first kappa shape index (κ1) is 14.6. The number of benzene rings is 2. The highest BCUT2D eigenvalue weighted by Gasteiger charge is 2.15. The Bertz CT molecular complexity index is 696. The number of carbonyl (C=O) groups is 2. The molecule has 2 aromatic carbocycles. The van der Waals surface area contributed by atoms with E-state index in [0.717, 1.165) is 5.56 Å². The number of aromatic carboxylic acids is 1. The third-order valence-electron chi connectivity index (χ3n) is 3.17. The molecular formula is C16H16N2O3. The number of hydrogen-bond donors (Lipinski definition) is 3. The average Bonchev–Trinajstić information content (AvgIpc) is 2.46. The number of anilines is 2. The molecule has 0 unspecified atom stereocenters. The van der Waals surface area contributed by atoms with E-state index in [4.69, 9.17) is 10.8 Å². The van der Waals surface area contributed by atoms with Crippen molar-refractivity contribution in [3.05, 3.63) is 59.2 Å². The van der Waals surface area contributed by atoms with Gasteiger partial charge in [0.25, 0.3) is 5.91 Å². The maximum Gasteiger partial charge on any atom is 0.337 e. The minimum Gasteiger partial charge on any atom is -0.478 e. The summed E-state index contributed by atoms with van der Waals surface area (Å²) in [7, 11) is 0. The molecule has 0 aliphatic rings. The summed E-state index contributed by atoms with van der Waals surface area (Å²) >= 11 is 0. The quantitative estimate of drug-likeness (QED) is 0.753. The van der Waals surface area contributed by atoms with E-state index >= 15 is 0 Å². The number of carboxylic acids is 1. The molecule has 1 amide bonds. The van der Waals surface area contributed by atoms with Crippen LogP contribution in [-0.4, -0.2) is 17.0 Å². The summed E-state index contributed by atoms with van der Waals surface area (Å²) in [6.45, 7) is 1.95. The fourth-order valence-corrected chi connectivity index (χ4v) is 2.09. The lowest BCUT2D eigenvalue weighted by molar-refractivity contribution is 0.0698. The van der Waals surface area contributed by atoms with Crippen LogP contribution in [0.5, 0.6) is 0 Å². The number of nitrogen functional groups attached to an aromatic ring is 1. The lowest BCUT2D eigenvalue weighted by Gasteiger charge is -2.11. The van der Waals surface area contributed by atoms with Crippen LogP contribution in [0.15, 0.2) is 42.5 Å². The van der Waals surface area contributed by atoms with Gasteiger partial charge in [0.1, 0.15) is 0 Å². The SMILES string of the molecule is CCc1ccccc1C(=O)Nc1cc(N)ccc1C(=O)O. The van der Waals surface area contributed by atoms with Crippen molar-refractivity contribution in [2.24, 2.45) is 0 Å². The summed E-state index contributed by atoms with van der Waals surface area (Å²) in [5.41, 5.74) is 7.67. The Morgan fingerprint density at radius 2 is 1.86 bits per heavy atom. The molecule has 5 heteroatoms. The summed E-state index contributed by atoms with van der Waals surface area (Å²) in [6.07, 6.45) is 0.715. The molecule has 0 bridgehead atoms. The highest BCUT2D eigenvalue weighted by Crippen LogP contribution is 2.21. The zero-order valence-corrected chi connectivity index (χ0v) is 11.6. The monoisotopic (exact) mass is 284 g/mol. The molecule has 21 heavy (non-hydrogen) atoms. The van der Waals surface area contributed by atoms with E-state index in [1.54, 1.807) is 12.1 Å². The van der Waals surface area contributed by atoms with Crippen LogP contribution in [-0.2, 0) is 6.42 Å². The Morgan fingerprint density at radius 1 is 1.14 bits per heavy atom. The maximum atomic E-state index is 12.3. The van der Waals surface area contributed by atoms with Gasteiger partial charge in [-0.3, -0.25) is 4.79 Å². The number of hydrogen-bond acceptors (Lipinski definition) is 3. The molecule has 0 spiro atoms. The van der Waals surface area contributed by atoms with Crippen LogP contribution in [0, 0.1) is 0 Å². The minimum absolute atomic E-state index is 0.00605. The molecule has 0 saturated heterocycles. The predicted molar refractivity (Wildman–Crippen MR) is 81.6 cm³/mol. The van der Waals surface area contributed by atoms with E-state index in [1.807, 2.05) is 19.1 Å². The predicted octanol–water partition coefficient (Wildman–Crippen LogP) is 2.78. The van der Waals surface area contributed by atoms with Gasteiger partial charge in [-0.05, 0) is 36.2 Å². The number of nitrogens with one attached hydrogen (secondary N) is 1. The molecule has 2 rings (SSSR count). The van der Waals surface area contributed by atoms with Gasteiger partial charge in [0.2, 0.25) is 0 Å². The van der Waals surface area contributed by atoms with Gasteiger partial charge in [-0.1, -0.05) is 25.1 Å². The Balaban J connectivity index is 2.36. The summed E-state index contributed by atoms with van der Waals surface area (Å²) in [5, 5.41) is 11.8. The standard InChI is InChI=1S/C16H16N2O3/c1-2-10-5-3-4-6-12(10)15(19)18-14-9-11(17)7-8-13(14)16(20)21/h3-9H,2,17H2,1H3,(H,18,19)(H,20,21). The highest BCUT2D eigenvalue weighted by atomic mass is 16.4. The van der Waals surface area contributed by atoms with Crippen molar-refractivity contribution in [2.75, 3.05) is 11.1 Å². The fourth-order valence-electron chi connectivity index (χ4n) is 2.09. The third kappa shape index (κ3) is 3.20. The fraction of sp³-hybridized carbons (Fsp3) is 0.125. The number of carbonyl (C=O) groups excluding carboxylic acids is 1. The van der Waals surface area contributed by atoms with E-state index in [2.05, 4.69) is 5.32 Å². The Hall–Kier alpha value is -2.82. The molecule has 2 aromatic rings. The molecule has 4 N–H and O–H groups in total. The molecule has 108 valence electrons. The summed E-state index contributed by atoms with van der Waals surface area (Å²) in [4.78, 5) is 23.5. The largest absolute Gasteiger partial charge is 0.478 e. The smallest absolute Gasteiger partial charge is 0.337 e. The zero-order chi connectivity index (χ0) is 15.4. The first-order chi connectivity index (χ1) is 10.0. The van der Waals surface area contributed by atoms with Crippen LogP contribution >= 0.6 is 0 Å². The zero-order valence-electron chi connectivity index (χ0n) is 11.6. The number of amides is 1. The summed E-state index contributed by atoms with van der Waals surface area (Å²) < 4.78 is 0. The van der Waals surface area contributed by atoms with Gasteiger partial charge in [-0.15, -0.1) is 0 Å². The van der Waals surface area contributed by atoms with Gasteiger partial charge in [0, 0.05) is 11.3 Å². The van der Waals surface area contributed by atoms with Crippen LogP contribution in [0.3, 0.4) is 0 Å². The maximum absolute atomic E-state index is 12.3. The lowest BCUT2D eigenvalue weighted by Crippen LogP contribution is -2.16. The van der Waals surface area contributed by atoms with E-state index in [1.165, 1.54) is 18.2 Å². The molecule has 5 nitrogen and oxygen atoms in total. The second kappa shape index (κ2) is 6.09. The Morgan fingerprint density at radius 3 is 2.52 bits per heavy atom. The molecular weight excluding hydrogens is 268 g/mol. The van der Waals surface area contributed by atoms with E-state index < -0.39 is 5.97 Å². The van der Waals surface area contributed by atoms with Crippen molar-refractivity contribution in [3.63, 3.8) is 0 Å². The molecule has 0 aliphatic carbocycles. The van der Waals surface area contributed by atoms with Crippen LogP contribution in [0.2, 0.25) is 0 Å². The van der Waals surface area contributed by atoms with Gasteiger partial charge >= 0.3 is 5.97 Å². The van der Waals surface area contributed by atoms with E-state index in [0.29, 0.717) is 17.7 Å². The molecule has 0 atom stereocenters. The van der Waals surface area contributed by atoms with Crippen molar-refractivity contribution in [1.29, 1.82) is 0 Å². The Labute approximate surface area is 122 Å². The lowest BCUT2D eigenvalue weighted by atomic mass is 10.0. The number of nitrogens with two attached hydrogens (primary N) is 1. The van der Waals surface area contributed by atoms with Crippen molar-refractivity contribution < 1.29 is 14.7 Å². The van der Waals surface area contributed by atoms with Crippen LogP contribution in [0.25, 0.3) is 0 Å². The van der Waals surface area contributed by atoms with Crippen molar-refractivity contribution in [3.8, 4) is 0 Å². The number of rotatable bonds is 4. The van der Waals surface area contributed by atoms with E-state index in [-0.39, 0.29) is 17.2 Å². The normalized spacial score (nSPS) is 10.1. The molecule has 0 aromatic heterocycles. The Kier molecular flexibility index (Phi) is 4.23. The first-order valence-corrected chi connectivity index (χ1v) is 6.55. The average molecular weight is 284 g/mol. The van der Waals surface area contributed by atoms with Gasteiger partial charge in [0.15, 0.2) is 0 Å². The van der Waals surface area contributed by atoms with Crippen LogP contribution < -0.4 is 11.1 Å². The number of aryl methyl sites for hydroxylation is 1. The van der Waals surface area contributed by atoms with Gasteiger partial charge in [-0.2, -0.15) is 0 Å². The van der Waals surface area contributed by atoms with Crippen LogP contribution in [0.4, 0.5) is 11.4 Å². The van der Waals surface area contributed by atoms with Gasteiger partial charge in [-0.25, -0.2) is 4.79 Å². The van der Waals surface area contributed by atoms with Gasteiger partial charge in [0.05, 0.1) is 11.3 Å². The van der Waals surface area contributed by atoms with E-state index in [9.17, 15) is 9.59 Å². The topological polar surface area (TPSA) is 92.4 Å². The highest BCUT2D eigenvalue weighted by molar-refractivity contribution is 6.08. The third-order valence-corrected chi connectivity index (χ3v) is 3.17. The molecule has 0 aliphatic heterocycles. The van der Waals surface area contributed by atoms with Crippen LogP contribution in [0.1, 0.15) is 33.2 Å². The summed E-state index contributed by atoms with van der Waals surface area (Å²) in [5.74, 6) is -1.46. The molecule has 0 fully saturated rings. The minimum atomic E-state index is -1.12.